The standard InChI is InChI=1S/C40H43N7O7S/c1-24-34(43-32(22-42-24)35(49)46-55(52,53)27-18-19-27)40-21-26(54-36-30-15-9-8-13-28(30)29-14-10-11-16-31(29)44-36)23-47(40)33(48)17-7-5-3-2-4-6-12-25-20-39(25,37(41)50)45-38(40)51/h6,8-16,22,25-27H,2-5,7,17-21,23H2,1H3,(H2,41,50)(H,45,51)(H,46,49)/b12-6-/t25-,26-,39-,40+/m1/s1. The Balaban J connectivity index is 1.26. The maximum absolute atomic E-state index is 15.2. The van der Waals surface area contributed by atoms with Gasteiger partial charge in [0.2, 0.25) is 27.7 Å². The summed E-state index contributed by atoms with van der Waals surface area (Å²) >= 11 is 0. The highest BCUT2D eigenvalue weighted by atomic mass is 32.2. The van der Waals surface area contributed by atoms with Gasteiger partial charge in [-0.25, -0.2) is 23.1 Å². The van der Waals surface area contributed by atoms with Crippen molar-refractivity contribution in [1.29, 1.82) is 0 Å². The van der Waals surface area contributed by atoms with Crippen molar-refractivity contribution in [2.24, 2.45) is 11.7 Å². The van der Waals surface area contributed by atoms with Crippen molar-refractivity contribution < 1.29 is 32.3 Å². The predicted molar refractivity (Wildman–Crippen MR) is 203 cm³/mol. The van der Waals surface area contributed by atoms with Gasteiger partial charge < -0.3 is 20.7 Å². The van der Waals surface area contributed by atoms with Crippen LogP contribution in [0.4, 0.5) is 0 Å². The number of sulfonamides is 1. The normalized spacial score (nSPS) is 26.6. The molecule has 4 aromatic rings. The second-order valence-electron chi connectivity index (χ2n) is 15.1. The Labute approximate surface area is 318 Å². The van der Waals surface area contributed by atoms with Crippen LogP contribution in [0.1, 0.15) is 86.1 Å². The number of hydrogen-bond acceptors (Lipinski definition) is 10. The van der Waals surface area contributed by atoms with Crippen molar-refractivity contribution in [3.63, 3.8) is 0 Å². The molecule has 286 valence electrons. The molecule has 2 aliphatic heterocycles. The molecule has 1 saturated heterocycles. The number of aryl methyl sites for hydroxylation is 1. The van der Waals surface area contributed by atoms with Gasteiger partial charge in [-0.1, -0.05) is 61.4 Å². The first-order valence-electron chi connectivity index (χ1n) is 18.9. The van der Waals surface area contributed by atoms with E-state index in [4.69, 9.17) is 15.5 Å². The fourth-order valence-corrected chi connectivity index (χ4v) is 9.41. The van der Waals surface area contributed by atoms with E-state index in [1.165, 1.54) is 4.90 Å². The molecule has 0 bridgehead atoms. The first-order chi connectivity index (χ1) is 26.4. The number of carbonyl (C=O) groups excluding carboxylic acids is 4. The molecule has 14 nitrogen and oxygen atoms in total. The number of para-hydroxylation sites is 1. The zero-order valence-electron chi connectivity index (χ0n) is 30.5. The molecule has 2 aromatic carbocycles. The highest BCUT2D eigenvalue weighted by Gasteiger charge is 2.64. The highest BCUT2D eigenvalue weighted by molar-refractivity contribution is 7.91. The minimum atomic E-state index is -3.95. The summed E-state index contributed by atoms with van der Waals surface area (Å²) in [5.74, 6) is -2.85. The van der Waals surface area contributed by atoms with Crippen molar-refractivity contribution in [2.75, 3.05) is 6.54 Å². The number of nitrogens with zero attached hydrogens (tertiary/aromatic N) is 4. The second-order valence-corrected chi connectivity index (χ2v) is 17.1. The molecular weight excluding hydrogens is 723 g/mol. The third kappa shape index (κ3) is 6.68. The number of fused-ring (bicyclic) bond motifs is 5. The molecule has 2 aromatic heterocycles. The average molecular weight is 766 g/mol. The molecule has 2 aliphatic carbocycles. The van der Waals surface area contributed by atoms with Crippen LogP contribution in [0.25, 0.3) is 21.7 Å². The van der Waals surface area contributed by atoms with Crippen LogP contribution >= 0.6 is 0 Å². The van der Waals surface area contributed by atoms with E-state index in [0.29, 0.717) is 30.7 Å². The van der Waals surface area contributed by atoms with Crippen LogP contribution in [0.3, 0.4) is 0 Å². The Hall–Kier alpha value is -5.44. The molecule has 8 rings (SSSR count). The van der Waals surface area contributed by atoms with Gasteiger partial charge in [-0.05, 0) is 63.0 Å². The van der Waals surface area contributed by atoms with Crippen LogP contribution in [0.5, 0.6) is 5.88 Å². The van der Waals surface area contributed by atoms with Crippen LogP contribution in [0, 0.1) is 12.8 Å². The lowest BCUT2D eigenvalue weighted by Crippen LogP contribution is -2.60. The molecule has 4 atom stereocenters. The molecule has 4 heterocycles. The molecule has 0 unspecified atom stereocenters. The largest absolute Gasteiger partial charge is 0.472 e. The first kappa shape index (κ1) is 36.5. The Bertz CT molecular complexity index is 2380. The zero-order chi connectivity index (χ0) is 38.5. The molecule has 3 fully saturated rings. The summed E-state index contributed by atoms with van der Waals surface area (Å²) in [6, 6.07) is 15.4. The number of allylic oxidation sites excluding steroid dienone is 1. The van der Waals surface area contributed by atoms with E-state index >= 15 is 4.79 Å². The van der Waals surface area contributed by atoms with Crippen molar-refractivity contribution in [1.82, 2.24) is 29.9 Å². The topological polar surface area (TPSA) is 204 Å². The highest BCUT2D eigenvalue weighted by Crippen LogP contribution is 2.48. The molecule has 4 aliphatic rings. The Morgan fingerprint density at radius 1 is 0.964 bits per heavy atom. The molecule has 4 N–H and O–H groups in total. The van der Waals surface area contributed by atoms with Gasteiger partial charge in [-0.2, -0.15) is 0 Å². The van der Waals surface area contributed by atoms with Crippen molar-refractivity contribution in [3.05, 3.63) is 84.0 Å². The maximum atomic E-state index is 15.2. The number of pyridine rings is 1. The van der Waals surface area contributed by atoms with E-state index in [-0.39, 0.29) is 54.7 Å². The SMILES string of the molecule is Cc1ncc(C(=O)NS(=O)(=O)C2CC2)nc1[C@]12C[C@@H](Oc3nc4ccccc4c4ccccc34)CN1C(=O)CCCCCC/C=C\[C@@H]1C[C@@]1(C(N)=O)NC2=O. The monoisotopic (exact) mass is 765 g/mol. The number of amides is 4. The van der Waals surface area contributed by atoms with Gasteiger partial charge in [-0.15, -0.1) is 0 Å². The molecule has 0 radical (unpaired) electrons. The van der Waals surface area contributed by atoms with Crippen LogP contribution < -0.4 is 20.5 Å². The first-order valence-corrected chi connectivity index (χ1v) is 20.4. The third-order valence-electron chi connectivity index (χ3n) is 11.3. The van der Waals surface area contributed by atoms with E-state index in [2.05, 4.69) is 20.0 Å². The molecule has 55 heavy (non-hydrogen) atoms. The van der Waals surface area contributed by atoms with Crippen molar-refractivity contribution >= 4 is 55.3 Å². The molecule has 4 amide bonds. The quantitative estimate of drug-likeness (QED) is 0.183. The molecule has 2 saturated carbocycles. The lowest BCUT2D eigenvalue weighted by molar-refractivity contribution is -0.147. The smallest absolute Gasteiger partial charge is 0.284 e. The zero-order valence-corrected chi connectivity index (χ0v) is 31.3. The van der Waals surface area contributed by atoms with Gasteiger partial charge >= 0.3 is 0 Å². The van der Waals surface area contributed by atoms with Crippen LogP contribution in [0.2, 0.25) is 0 Å². The summed E-state index contributed by atoms with van der Waals surface area (Å²) in [4.78, 5) is 71.7. The van der Waals surface area contributed by atoms with E-state index in [9.17, 15) is 22.8 Å². The lowest BCUT2D eigenvalue weighted by Gasteiger charge is -2.38. The minimum absolute atomic E-state index is 0.0334. The van der Waals surface area contributed by atoms with Gasteiger partial charge in [0.05, 0.1) is 34.9 Å². The number of nitrogens with one attached hydrogen (secondary N) is 2. The van der Waals surface area contributed by atoms with Crippen LogP contribution in [-0.4, -0.2) is 75.3 Å². The summed E-state index contributed by atoms with van der Waals surface area (Å²) in [5, 5.41) is 4.86. The van der Waals surface area contributed by atoms with Gasteiger partial charge in [0.15, 0.2) is 5.54 Å². The van der Waals surface area contributed by atoms with Gasteiger partial charge in [0.25, 0.3) is 11.8 Å². The second kappa shape index (κ2) is 14.0. The summed E-state index contributed by atoms with van der Waals surface area (Å²) in [7, 11) is -3.95. The fourth-order valence-electron chi connectivity index (χ4n) is 8.12. The van der Waals surface area contributed by atoms with E-state index in [1.54, 1.807) is 6.92 Å². The number of rotatable bonds is 7. The van der Waals surface area contributed by atoms with Crippen LogP contribution in [0.15, 0.2) is 66.9 Å². The number of ether oxygens (including phenoxy) is 1. The van der Waals surface area contributed by atoms with Gasteiger partial charge in [0, 0.05) is 29.5 Å². The minimum Gasteiger partial charge on any atom is -0.472 e. The molecular formula is C40H43N7O7S. The van der Waals surface area contributed by atoms with Gasteiger partial charge in [0.1, 0.15) is 17.3 Å². The molecule has 0 spiro atoms. The van der Waals surface area contributed by atoms with Crippen molar-refractivity contribution in [2.45, 2.75) is 93.6 Å². The Morgan fingerprint density at radius 2 is 1.69 bits per heavy atom. The number of carbonyl (C=O) groups is 4. The van der Waals surface area contributed by atoms with E-state index in [0.717, 1.165) is 48.0 Å². The predicted octanol–water partition coefficient (Wildman–Crippen LogP) is 3.85. The van der Waals surface area contributed by atoms with Crippen molar-refractivity contribution in [3.8, 4) is 5.88 Å². The summed E-state index contributed by atoms with van der Waals surface area (Å²) in [5.41, 5.74) is 3.16. The molecule has 15 heteroatoms. The average Bonchev–Trinajstić information content (AvgIpc) is 4.10. The third-order valence-corrected chi connectivity index (χ3v) is 13.2. The number of aromatic nitrogens is 3. The number of nitrogens with two attached hydrogens (primary N) is 1. The maximum Gasteiger partial charge on any atom is 0.284 e. The number of hydrogen-bond donors (Lipinski definition) is 3. The van der Waals surface area contributed by atoms with Gasteiger partial charge in [-0.3, -0.25) is 24.2 Å². The summed E-state index contributed by atoms with van der Waals surface area (Å²) in [6.45, 7) is 1.54. The van der Waals surface area contributed by atoms with E-state index < -0.39 is 50.2 Å². The Kier molecular flexibility index (Phi) is 9.30. The summed E-state index contributed by atoms with van der Waals surface area (Å²) < 4.78 is 34.3. The van der Waals surface area contributed by atoms with E-state index in [1.807, 2.05) is 60.7 Å². The lowest BCUT2D eigenvalue weighted by atomic mass is 9.87. The number of primary amides is 1. The summed E-state index contributed by atoms with van der Waals surface area (Å²) in [6.07, 6.45) is 9.30. The Morgan fingerprint density at radius 3 is 2.45 bits per heavy atom. The number of benzene rings is 2. The fraction of sp³-hybridized carbons (Fsp3) is 0.425. The van der Waals surface area contributed by atoms with Crippen LogP contribution in [-0.2, 0) is 29.9 Å².